The normalized spacial score (nSPS) is 11.5. The SMILES string of the molecule is Cc1ccccc1Oc1ccc(C(F)(F)F)cc1C(=O)Nc1ccn(COP(O)O)c(=O)c1. The third kappa shape index (κ3) is 6.39. The molecule has 12 heteroatoms. The Bertz CT molecular complexity index is 1210. The van der Waals surface area contributed by atoms with Gasteiger partial charge in [0.2, 0.25) is 0 Å². The van der Waals surface area contributed by atoms with Crippen LogP contribution >= 0.6 is 8.60 Å². The molecule has 0 saturated heterocycles. The average Bonchev–Trinajstić information content (AvgIpc) is 2.74. The lowest BCUT2D eigenvalue weighted by molar-refractivity contribution is -0.137. The largest absolute Gasteiger partial charge is 0.456 e. The minimum absolute atomic E-state index is 0.00997. The zero-order valence-corrected chi connectivity index (χ0v) is 17.9. The highest BCUT2D eigenvalue weighted by Gasteiger charge is 2.32. The summed E-state index contributed by atoms with van der Waals surface area (Å²) in [6.45, 7) is 1.31. The summed E-state index contributed by atoms with van der Waals surface area (Å²) in [5, 5.41) is 2.38. The van der Waals surface area contributed by atoms with Crippen LogP contribution in [0.5, 0.6) is 11.5 Å². The van der Waals surface area contributed by atoms with Gasteiger partial charge in [-0.25, -0.2) is 0 Å². The highest BCUT2D eigenvalue weighted by molar-refractivity contribution is 7.39. The van der Waals surface area contributed by atoms with Crippen LogP contribution in [-0.4, -0.2) is 20.3 Å². The molecule has 174 valence electrons. The average molecular weight is 482 g/mol. The molecule has 8 nitrogen and oxygen atoms in total. The molecule has 0 aliphatic carbocycles. The molecule has 0 atom stereocenters. The number of para-hydroxylation sites is 1. The maximum absolute atomic E-state index is 13.2. The summed E-state index contributed by atoms with van der Waals surface area (Å²) >= 11 is 0. The summed E-state index contributed by atoms with van der Waals surface area (Å²) in [7, 11) is -2.66. The van der Waals surface area contributed by atoms with Crippen LogP contribution in [0.25, 0.3) is 0 Å². The lowest BCUT2D eigenvalue weighted by Crippen LogP contribution is -2.21. The zero-order valence-electron chi connectivity index (χ0n) is 17.0. The van der Waals surface area contributed by atoms with Crippen molar-refractivity contribution in [2.75, 3.05) is 5.32 Å². The van der Waals surface area contributed by atoms with Gasteiger partial charge in [0.25, 0.3) is 11.5 Å². The molecule has 2 aromatic carbocycles. The van der Waals surface area contributed by atoms with Crippen molar-refractivity contribution in [1.29, 1.82) is 0 Å². The van der Waals surface area contributed by atoms with Gasteiger partial charge in [0, 0.05) is 18.0 Å². The van der Waals surface area contributed by atoms with Crippen LogP contribution in [0.4, 0.5) is 18.9 Å². The van der Waals surface area contributed by atoms with Crippen molar-refractivity contribution in [3.63, 3.8) is 0 Å². The van der Waals surface area contributed by atoms with E-state index in [4.69, 9.17) is 14.5 Å². The molecule has 1 heterocycles. The van der Waals surface area contributed by atoms with Gasteiger partial charge in [0.1, 0.15) is 18.2 Å². The third-order valence-corrected chi connectivity index (χ3v) is 4.78. The second-order valence-electron chi connectivity index (χ2n) is 6.76. The second-order valence-corrected chi connectivity index (χ2v) is 7.53. The monoisotopic (exact) mass is 482 g/mol. The summed E-state index contributed by atoms with van der Waals surface area (Å²) in [5.74, 6) is -0.662. The predicted octanol–water partition coefficient (Wildman–Crippen LogP) is 4.41. The minimum atomic E-state index is -4.69. The van der Waals surface area contributed by atoms with Crippen molar-refractivity contribution in [2.24, 2.45) is 0 Å². The number of ether oxygens (including phenoxy) is 1. The van der Waals surface area contributed by atoms with Crippen LogP contribution in [0.3, 0.4) is 0 Å². The zero-order chi connectivity index (χ0) is 24.2. The fourth-order valence-electron chi connectivity index (χ4n) is 2.77. The van der Waals surface area contributed by atoms with E-state index in [0.29, 0.717) is 17.4 Å². The molecule has 33 heavy (non-hydrogen) atoms. The Labute approximate surface area is 186 Å². The molecule has 0 aliphatic rings. The van der Waals surface area contributed by atoms with E-state index < -0.39 is 38.5 Å². The van der Waals surface area contributed by atoms with Crippen molar-refractivity contribution in [1.82, 2.24) is 4.57 Å². The summed E-state index contributed by atoms with van der Waals surface area (Å²) in [4.78, 5) is 42.5. The number of nitrogens with zero attached hydrogens (tertiary/aromatic N) is 1. The Balaban J connectivity index is 1.91. The molecule has 0 unspecified atom stereocenters. The highest BCUT2D eigenvalue weighted by atomic mass is 31.2. The number of pyridine rings is 1. The molecule has 1 amide bonds. The molecule has 0 spiro atoms. The second kappa shape index (κ2) is 10.1. The van der Waals surface area contributed by atoms with Crippen LogP contribution in [0.15, 0.2) is 65.6 Å². The number of alkyl halides is 3. The molecule has 0 saturated carbocycles. The van der Waals surface area contributed by atoms with Gasteiger partial charge in [-0.05, 0) is 42.8 Å². The number of nitrogens with one attached hydrogen (secondary N) is 1. The summed E-state index contributed by atoms with van der Waals surface area (Å²) in [6, 6.07) is 11.6. The number of aryl methyl sites for hydroxylation is 1. The lowest BCUT2D eigenvalue weighted by Gasteiger charge is -2.15. The van der Waals surface area contributed by atoms with Crippen LogP contribution < -0.4 is 15.6 Å². The maximum atomic E-state index is 13.2. The first-order chi connectivity index (χ1) is 15.5. The summed E-state index contributed by atoms with van der Waals surface area (Å²) < 4.78 is 51.0. The quantitative estimate of drug-likeness (QED) is 0.431. The Morgan fingerprint density at radius 2 is 1.82 bits per heavy atom. The Morgan fingerprint density at radius 1 is 1.09 bits per heavy atom. The van der Waals surface area contributed by atoms with Gasteiger partial charge in [-0.3, -0.25) is 18.7 Å². The number of carbonyl (C=O) groups is 1. The van der Waals surface area contributed by atoms with Crippen molar-refractivity contribution < 1.29 is 37.0 Å². The van der Waals surface area contributed by atoms with E-state index in [1.54, 1.807) is 31.2 Å². The van der Waals surface area contributed by atoms with Gasteiger partial charge in [-0.15, -0.1) is 0 Å². The molecule has 3 N–H and O–H groups in total. The van der Waals surface area contributed by atoms with Crippen LogP contribution in [0.2, 0.25) is 0 Å². The van der Waals surface area contributed by atoms with Gasteiger partial charge < -0.3 is 19.8 Å². The fourth-order valence-corrected chi connectivity index (χ4v) is 2.99. The maximum Gasteiger partial charge on any atom is 0.416 e. The Morgan fingerprint density at radius 3 is 2.45 bits per heavy atom. The van der Waals surface area contributed by atoms with E-state index >= 15 is 0 Å². The summed E-state index contributed by atoms with van der Waals surface area (Å²) in [5.41, 5.74) is -1.35. The number of hydrogen-bond acceptors (Lipinski definition) is 6. The van der Waals surface area contributed by atoms with Crippen molar-refractivity contribution in [3.05, 3.63) is 87.8 Å². The van der Waals surface area contributed by atoms with E-state index in [1.165, 1.54) is 12.3 Å². The van der Waals surface area contributed by atoms with Crippen molar-refractivity contribution in [3.8, 4) is 11.5 Å². The van der Waals surface area contributed by atoms with Gasteiger partial charge in [0.05, 0.1) is 11.1 Å². The predicted molar refractivity (Wildman–Crippen MR) is 114 cm³/mol. The van der Waals surface area contributed by atoms with Crippen LogP contribution in [0.1, 0.15) is 21.5 Å². The number of amides is 1. The Hall–Kier alpha value is -3.24. The minimum Gasteiger partial charge on any atom is -0.456 e. The highest BCUT2D eigenvalue weighted by Crippen LogP contribution is 2.35. The van der Waals surface area contributed by atoms with Gasteiger partial charge in [-0.2, -0.15) is 13.2 Å². The summed E-state index contributed by atoms with van der Waals surface area (Å²) in [6.07, 6.45) is -3.47. The third-order valence-electron chi connectivity index (χ3n) is 4.43. The molecule has 0 aliphatic heterocycles. The van der Waals surface area contributed by atoms with E-state index in [-0.39, 0.29) is 17.0 Å². The number of anilines is 1. The van der Waals surface area contributed by atoms with Crippen LogP contribution in [0, 0.1) is 6.92 Å². The lowest BCUT2D eigenvalue weighted by atomic mass is 10.1. The first kappa shape index (κ1) is 24.4. The van der Waals surface area contributed by atoms with Gasteiger partial charge in [0.15, 0.2) is 0 Å². The van der Waals surface area contributed by atoms with Crippen molar-refractivity contribution >= 4 is 20.2 Å². The molecule has 0 bridgehead atoms. The number of aromatic nitrogens is 1. The van der Waals surface area contributed by atoms with Crippen LogP contribution in [-0.2, 0) is 17.4 Å². The van der Waals surface area contributed by atoms with Gasteiger partial charge >= 0.3 is 14.8 Å². The molecule has 3 rings (SSSR count). The van der Waals surface area contributed by atoms with E-state index in [9.17, 15) is 22.8 Å². The number of carbonyl (C=O) groups excluding carboxylic acids is 1. The molecule has 3 aromatic rings. The molecule has 1 aromatic heterocycles. The number of halogens is 3. The molecule has 0 radical (unpaired) electrons. The number of benzene rings is 2. The van der Waals surface area contributed by atoms with Gasteiger partial charge in [-0.1, -0.05) is 18.2 Å². The number of rotatable bonds is 7. The Kier molecular flexibility index (Phi) is 7.50. The molecular weight excluding hydrogens is 464 g/mol. The standard InChI is InChI=1S/C21H18F3N2O6P/c1-13-4-2-3-5-17(13)32-18-7-6-14(21(22,23)24)10-16(18)20(28)25-15-8-9-26(19(27)11-15)12-31-33(29)30/h2-11,29-30H,12H2,1H3,(H,25,28). The smallest absolute Gasteiger partial charge is 0.416 e. The van der Waals surface area contributed by atoms with E-state index in [0.717, 1.165) is 22.8 Å². The topological polar surface area (TPSA) is 110 Å². The van der Waals surface area contributed by atoms with E-state index in [2.05, 4.69) is 9.84 Å². The first-order valence-corrected chi connectivity index (χ1v) is 10.5. The first-order valence-electron chi connectivity index (χ1n) is 9.32. The fraction of sp³-hybridized carbons (Fsp3) is 0.143. The molecule has 0 fully saturated rings. The number of hydrogen-bond donors (Lipinski definition) is 3. The van der Waals surface area contributed by atoms with E-state index in [1.807, 2.05) is 0 Å². The van der Waals surface area contributed by atoms with Crippen molar-refractivity contribution in [2.45, 2.75) is 19.8 Å². The molecular formula is C21H18F3N2O6P.